The van der Waals surface area contributed by atoms with Crippen LogP contribution in [0.2, 0.25) is 0 Å². The number of carboxylic acids is 1. The fourth-order valence-corrected chi connectivity index (χ4v) is 3.52. The van der Waals surface area contributed by atoms with Crippen LogP contribution < -0.4 is 10.1 Å². The number of hydrogen-bond donors (Lipinski definition) is 2. The summed E-state index contributed by atoms with van der Waals surface area (Å²) in [5.74, 6) is -6.30. The molecule has 0 aliphatic carbocycles. The van der Waals surface area contributed by atoms with E-state index >= 15 is 0 Å². The zero-order chi connectivity index (χ0) is 31.9. The van der Waals surface area contributed by atoms with E-state index in [4.69, 9.17) is 14.2 Å². The molecule has 0 aliphatic rings. The lowest BCUT2D eigenvalue weighted by atomic mass is 10.1. The van der Waals surface area contributed by atoms with Crippen molar-refractivity contribution in [3.05, 3.63) is 95.1 Å². The van der Waals surface area contributed by atoms with Crippen LogP contribution in [-0.4, -0.2) is 47.7 Å². The van der Waals surface area contributed by atoms with Crippen molar-refractivity contribution in [3.63, 3.8) is 0 Å². The van der Waals surface area contributed by atoms with Crippen LogP contribution in [0.5, 0.6) is 5.75 Å². The number of rotatable bonds is 10. The molecule has 0 aromatic heterocycles. The van der Waals surface area contributed by atoms with E-state index < -0.39 is 70.6 Å². The summed E-state index contributed by atoms with van der Waals surface area (Å²) in [6.45, 7) is 2.03. The molecule has 3 rings (SSSR count). The number of ether oxygens (including phenoxy) is 3. The summed E-state index contributed by atoms with van der Waals surface area (Å²) in [4.78, 5) is 50.8. The Hall–Kier alpha value is -5.08. The molecule has 9 nitrogen and oxygen atoms in total. The van der Waals surface area contributed by atoms with Gasteiger partial charge in [-0.3, -0.25) is 4.79 Å². The first-order valence-electron chi connectivity index (χ1n) is 12.1. The number of benzene rings is 3. The van der Waals surface area contributed by atoms with Gasteiger partial charge in [0, 0.05) is 5.69 Å². The molecule has 15 heteroatoms. The second-order valence-electron chi connectivity index (χ2n) is 8.59. The van der Waals surface area contributed by atoms with Crippen molar-refractivity contribution in [3.8, 4) is 5.75 Å². The van der Waals surface area contributed by atoms with Crippen LogP contribution in [-0.2, 0) is 31.4 Å². The molecule has 0 saturated heterocycles. The predicted molar refractivity (Wildman–Crippen MR) is 135 cm³/mol. The Morgan fingerprint density at radius 3 is 1.63 bits per heavy atom. The maximum Gasteiger partial charge on any atom is 0.416 e. The lowest BCUT2D eigenvalue weighted by Gasteiger charge is -2.24. The normalized spacial score (nSPS) is 12.9. The highest BCUT2D eigenvalue weighted by molar-refractivity contribution is 6.01. The van der Waals surface area contributed by atoms with Gasteiger partial charge in [0.25, 0.3) is 5.91 Å². The second-order valence-corrected chi connectivity index (χ2v) is 8.59. The predicted octanol–water partition coefficient (Wildman–Crippen LogP) is 5.60. The van der Waals surface area contributed by atoms with Crippen LogP contribution in [0.3, 0.4) is 0 Å². The van der Waals surface area contributed by atoms with Gasteiger partial charge in [0.15, 0.2) is 0 Å². The summed E-state index contributed by atoms with van der Waals surface area (Å²) < 4.78 is 93.8. The van der Waals surface area contributed by atoms with E-state index in [0.29, 0.717) is 36.6 Å². The van der Waals surface area contributed by atoms with Gasteiger partial charge in [0.05, 0.1) is 28.9 Å². The molecule has 0 fully saturated rings. The Morgan fingerprint density at radius 2 is 1.21 bits per heavy atom. The summed E-state index contributed by atoms with van der Waals surface area (Å²) in [7, 11) is 0. The standard InChI is InChI=1S/C28H21F6NO8/c1-2-41-20-11-9-19(10-12-20)35-23(36)21(42-25(39)15-5-3-7-17(13-15)27(29,30)31)22(24(37)38)43-26(40)16-6-4-8-18(14-16)28(32,33)34/h3-14,21-22H,2H2,1H3,(H,35,36)(H,37,38)/t21-,22+/m0/s1. The van der Waals surface area contributed by atoms with E-state index in [1.165, 1.54) is 24.3 Å². The van der Waals surface area contributed by atoms with Crippen molar-refractivity contribution < 1.29 is 64.8 Å². The van der Waals surface area contributed by atoms with Crippen LogP contribution in [0.15, 0.2) is 72.8 Å². The molecular weight excluding hydrogens is 592 g/mol. The fourth-order valence-electron chi connectivity index (χ4n) is 3.52. The average molecular weight is 613 g/mol. The number of carbonyl (C=O) groups excluding carboxylic acids is 3. The summed E-state index contributed by atoms with van der Waals surface area (Å²) in [6, 6.07) is 11.0. The smallest absolute Gasteiger partial charge is 0.416 e. The Bertz CT molecular complexity index is 1490. The minimum absolute atomic E-state index is 0.0157. The number of alkyl halides is 6. The largest absolute Gasteiger partial charge is 0.494 e. The third kappa shape index (κ3) is 8.70. The molecule has 0 radical (unpaired) electrons. The maximum absolute atomic E-state index is 13.2. The highest BCUT2D eigenvalue weighted by Gasteiger charge is 2.42. The lowest BCUT2D eigenvalue weighted by molar-refractivity contribution is -0.157. The van der Waals surface area contributed by atoms with Gasteiger partial charge in [-0.1, -0.05) is 12.1 Å². The summed E-state index contributed by atoms with van der Waals surface area (Å²) in [5, 5.41) is 12.0. The van der Waals surface area contributed by atoms with E-state index in [0.717, 1.165) is 24.3 Å². The molecule has 1 amide bonds. The number of aliphatic carboxylic acids is 1. The molecule has 2 N–H and O–H groups in total. The molecule has 2 atom stereocenters. The van der Waals surface area contributed by atoms with Gasteiger partial charge in [-0.05, 0) is 67.6 Å². The zero-order valence-electron chi connectivity index (χ0n) is 21.9. The Kier molecular flexibility index (Phi) is 10.0. The molecule has 0 heterocycles. The third-order valence-corrected chi connectivity index (χ3v) is 5.53. The van der Waals surface area contributed by atoms with Gasteiger partial charge in [-0.2, -0.15) is 26.3 Å². The SMILES string of the molecule is CCOc1ccc(NC(=O)[C@@H](OC(=O)c2cccc(C(F)(F)F)c2)[C@@H](OC(=O)c2cccc(C(F)(F)F)c2)C(=O)O)cc1. The number of amides is 1. The molecule has 0 saturated carbocycles. The Morgan fingerprint density at radius 1 is 0.744 bits per heavy atom. The number of carboxylic acid groups (broad SMARTS) is 1. The number of esters is 2. The van der Waals surface area contributed by atoms with Crippen molar-refractivity contribution in [2.24, 2.45) is 0 Å². The molecule has 0 spiro atoms. The van der Waals surface area contributed by atoms with Gasteiger partial charge in [0.1, 0.15) is 5.75 Å². The van der Waals surface area contributed by atoms with Gasteiger partial charge in [-0.15, -0.1) is 0 Å². The van der Waals surface area contributed by atoms with Crippen molar-refractivity contribution in [2.45, 2.75) is 31.5 Å². The van der Waals surface area contributed by atoms with E-state index in [2.05, 4.69) is 5.32 Å². The summed E-state index contributed by atoms with van der Waals surface area (Å²) in [5.41, 5.74) is -4.00. The monoisotopic (exact) mass is 613 g/mol. The number of halogens is 6. The second kappa shape index (κ2) is 13.3. The zero-order valence-corrected chi connectivity index (χ0v) is 21.9. The lowest BCUT2D eigenvalue weighted by Crippen LogP contribution is -2.48. The summed E-state index contributed by atoms with van der Waals surface area (Å²) >= 11 is 0. The van der Waals surface area contributed by atoms with E-state index in [-0.39, 0.29) is 5.69 Å². The topological polar surface area (TPSA) is 128 Å². The van der Waals surface area contributed by atoms with Gasteiger partial charge >= 0.3 is 30.3 Å². The number of nitrogens with one attached hydrogen (secondary N) is 1. The average Bonchev–Trinajstić information content (AvgIpc) is 2.95. The quantitative estimate of drug-likeness (QED) is 0.224. The van der Waals surface area contributed by atoms with Crippen LogP contribution >= 0.6 is 0 Å². The Labute approximate surface area is 239 Å². The van der Waals surface area contributed by atoms with Crippen molar-refractivity contribution in [1.82, 2.24) is 0 Å². The minimum atomic E-state index is -4.87. The van der Waals surface area contributed by atoms with Gasteiger partial charge in [-0.25, -0.2) is 14.4 Å². The molecule has 0 bridgehead atoms. The fraction of sp³-hybridized carbons (Fsp3) is 0.214. The minimum Gasteiger partial charge on any atom is -0.494 e. The van der Waals surface area contributed by atoms with Crippen LogP contribution in [0.1, 0.15) is 38.8 Å². The van der Waals surface area contributed by atoms with Crippen LogP contribution in [0.4, 0.5) is 32.0 Å². The number of carbonyl (C=O) groups is 4. The molecule has 3 aromatic carbocycles. The molecule has 228 valence electrons. The third-order valence-electron chi connectivity index (χ3n) is 5.53. The van der Waals surface area contributed by atoms with Crippen molar-refractivity contribution in [2.75, 3.05) is 11.9 Å². The van der Waals surface area contributed by atoms with Crippen LogP contribution in [0, 0.1) is 0 Å². The molecule has 43 heavy (non-hydrogen) atoms. The Balaban J connectivity index is 1.96. The first-order chi connectivity index (χ1) is 20.1. The first-order valence-corrected chi connectivity index (χ1v) is 12.1. The number of anilines is 1. The van der Waals surface area contributed by atoms with E-state index in [1.807, 2.05) is 0 Å². The highest BCUT2D eigenvalue weighted by atomic mass is 19.4. The maximum atomic E-state index is 13.2. The number of hydrogen-bond acceptors (Lipinski definition) is 7. The first kappa shape index (κ1) is 32.4. The highest BCUT2D eigenvalue weighted by Crippen LogP contribution is 2.31. The molecule has 0 unspecified atom stereocenters. The van der Waals surface area contributed by atoms with E-state index in [9.17, 15) is 50.6 Å². The van der Waals surface area contributed by atoms with Gasteiger partial charge in [0.2, 0.25) is 12.2 Å². The van der Waals surface area contributed by atoms with E-state index in [1.54, 1.807) is 6.92 Å². The summed E-state index contributed by atoms with van der Waals surface area (Å²) in [6.07, 6.45) is -14.9. The van der Waals surface area contributed by atoms with Gasteiger partial charge < -0.3 is 24.6 Å². The van der Waals surface area contributed by atoms with Crippen molar-refractivity contribution in [1.29, 1.82) is 0 Å². The molecule has 0 aliphatic heterocycles. The molecule has 3 aromatic rings. The van der Waals surface area contributed by atoms with Crippen LogP contribution in [0.25, 0.3) is 0 Å². The molecular formula is C28H21F6NO8. The van der Waals surface area contributed by atoms with Crippen molar-refractivity contribution >= 4 is 29.5 Å².